The summed E-state index contributed by atoms with van der Waals surface area (Å²) in [6.45, 7) is 2.05. The molecule has 0 saturated heterocycles. The van der Waals surface area contributed by atoms with Crippen molar-refractivity contribution in [1.29, 1.82) is 0 Å². The second-order valence-electron chi connectivity index (χ2n) is 6.37. The van der Waals surface area contributed by atoms with E-state index in [0.717, 1.165) is 16.0 Å². The molecule has 2 N–H and O–H groups in total. The number of carbonyl (C=O) groups excluding carboxylic acids is 1. The molecule has 1 amide bonds. The van der Waals surface area contributed by atoms with E-state index >= 15 is 0 Å². The van der Waals surface area contributed by atoms with Gasteiger partial charge < -0.3 is 10.4 Å². The van der Waals surface area contributed by atoms with Gasteiger partial charge in [-0.05, 0) is 29.5 Å². The largest absolute Gasteiger partial charge is 0.388 e. The number of rotatable bonds is 8. The zero-order valence-corrected chi connectivity index (χ0v) is 16.8. The van der Waals surface area contributed by atoms with E-state index in [4.69, 9.17) is 0 Å². The predicted molar refractivity (Wildman–Crippen MR) is 114 cm³/mol. The summed E-state index contributed by atoms with van der Waals surface area (Å²) in [6, 6.07) is 21.7. The molecule has 5 heteroatoms. The van der Waals surface area contributed by atoms with Crippen LogP contribution in [0.2, 0.25) is 0 Å². The van der Waals surface area contributed by atoms with Gasteiger partial charge in [-0.25, -0.2) is 0 Å². The lowest BCUT2D eigenvalue weighted by Crippen LogP contribution is -2.30. The molecule has 2 atom stereocenters. The topological polar surface area (TPSA) is 49.3 Å². The molecule has 3 aromatic rings. The standard InChI is InChI=1S/C22H23NO2S2/c1-16-9-11-18(12-10-16)22(20-8-5-13-27-20)23-21(25)15-26-14-19(24)17-6-3-2-4-7-17/h2-13,19,22,24H,14-15H2,1H3,(H,23,25). The van der Waals surface area contributed by atoms with Gasteiger partial charge in [0.25, 0.3) is 0 Å². The van der Waals surface area contributed by atoms with E-state index in [2.05, 4.69) is 36.5 Å². The van der Waals surface area contributed by atoms with Crippen LogP contribution in [-0.4, -0.2) is 22.5 Å². The Hall–Kier alpha value is -2.08. The fourth-order valence-corrected chi connectivity index (χ4v) is 4.38. The number of thioether (sulfide) groups is 1. The molecule has 0 aliphatic rings. The van der Waals surface area contributed by atoms with E-state index in [9.17, 15) is 9.90 Å². The van der Waals surface area contributed by atoms with E-state index < -0.39 is 6.10 Å². The summed E-state index contributed by atoms with van der Waals surface area (Å²) >= 11 is 3.08. The van der Waals surface area contributed by atoms with Crippen molar-refractivity contribution in [3.8, 4) is 0 Å². The van der Waals surface area contributed by atoms with Crippen molar-refractivity contribution in [3.63, 3.8) is 0 Å². The lowest BCUT2D eigenvalue weighted by molar-refractivity contribution is -0.119. The first-order valence-corrected chi connectivity index (χ1v) is 10.9. The third-order valence-corrected chi connectivity index (χ3v) is 6.19. The molecule has 3 rings (SSSR count). The van der Waals surface area contributed by atoms with Crippen molar-refractivity contribution in [3.05, 3.63) is 93.7 Å². The molecule has 0 aliphatic carbocycles. The van der Waals surface area contributed by atoms with Crippen molar-refractivity contribution < 1.29 is 9.90 Å². The summed E-state index contributed by atoms with van der Waals surface area (Å²) in [6.07, 6.45) is -0.561. The highest BCUT2D eigenvalue weighted by Crippen LogP contribution is 2.26. The maximum Gasteiger partial charge on any atom is 0.230 e. The molecule has 0 fully saturated rings. The van der Waals surface area contributed by atoms with Crippen molar-refractivity contribution >= 4 is 29.0 Å². The maximum absolute atomic E-state index is 12.5. The third kappa shape index (κ3) is 5.70. The summed E-state index contributed by atoms with van der Waals surface area (Å²) in [5.41, 5.74) is 3.15. The van der Waals surface area contributed by atoms with Gasteiger partial charge in [0.15, 0.2) is 0 Å². The summed E-state index contributed by atoms with van der Waals surface area (Å²) in [7, 11) is 0. The number of carbonyl (C=O) groups is 1. The zero-order chi connectivity index (χ0) is 19.1. The van der Waals surface area contributed by atoms with Gasteiger partial charge in [-0.1, -0.05) is 66.2 Å². The van der Waals surface area contributed by atoms with Gasteiger partial charge in [-0.2, -0.15) is 0 Å². The summed E-state index contributed by atoms with van der Waals surface area (Å²) < 4.78 is 0. The molecule has 1 aromatic heterocycles. The maximum atomic E-state index is 12.5. The highest BCUT2D eigenvalue weighted by Gasteiger charge is 2.18. The van der Waals surface area contributed by atoms with E-state index in [1.807, 2.05) is 47.8 Å². The van der Waals surface area contributed by atoms with Gasteiger partial charge in [0, 0.05) is 10.6 Å². The first-order chi connectivity index (χ1) is 13.1. The predicted octanol–water partition coefficient (Wildman–Crippen LogP) is 4.73. The molecule has 140 valence electrons. The third-order valence-electron chi connectivity index (χ3n) is 4.24. The number of aliphatic hydroxyl groups excluding tert-OH is 1. The molecule has 2 unspecified atom stereocenters. The Morgan fingerprint density at radius 2 is 1.78 bits per heavy atom. The number of thiophene rings is 1. The Labute approximate surface area is 168 Å². The second-order valence-corrected chi connectivity index (χ2v) is 8.38. The number of hydrogen-bond donors (Lipinski definition) is 2. The SMILES string of the molecule is Cc1ccc(C(NC(=O)CSCC(O)c2ccccc2)c2cccs2)cc1. The van der Waals surface area contributed by atoms with Crippen LogP contribution in [0.1, 0.15) is 33.7 Å². The molecule has 0 saturated carbocycles. The summed E-state index contributed by atoms with van der Waals surface area (Å²) in [5, 5.41) is 15.4. The van der Waals surface area contributed by atoms with E-state index in [1.54, 1.807) is 11.3 Å². The Bertz CT molecular complexity index is 833. The van der Waals surface area contributed by atoms with Crippen molar-refractivity contribution in [2.45, 2.75) is 19.1 Å². The van der Waals surface area contributed by atoms with Crippen LogP contribution in [0.4, 0.5) is 0 Å². The molecule has 0 spiro atoms. The summed E-state index contributed by atoms with van der Waals surface area (Å²) in [5.74, 6) is 0.780. The Kier molecular flexibility index (Phi) is 7.10. The van der Waals surface area contributed by atoms with Gasteiger partial charge in [0.05, 0.1) is 17.9 Å². The molecule has 27 heavy (non-hydrogen) atoms. The Morgan fingerprint density at radius 1 is 1.04 bits per heavy atom. The number of aryl methyl sites for hydroxylation is 1. The van der Waals surface area contributed by atoms with Gasteiger partial charge in [-0.15, -0.1) is 23.1 Å². The minimum absolute atomic E-state index is 0.0285. The number of amides is 1. The molecule has 0 aliphatic heterocycles. The van der Waals surface area contributed by atoms with E-state index in [-0.39, 0.29) is 11.9 Å². The summed E-state index contributed by atoms with van der Waals surface area (Å²) in [4.78, 5) is 13.6. The minimum Gasteiger partial charge on any atom is -0.388 e. The average molecular weight is 398 g/mol. The van der Waals surface area contributed by atoms with Gasteiger partial charge >= 0.3 is 0 Å². The molecule has 0 radical (unpaired) electrons. The van der Waals surface area contributed by atoms with Gasteiger partial charge in [0.1, 0.15) is 0 Å². The second kappa shape index (κ2) is 9.74. The Morgan fingerprint density at radius 3 is 2.44 bits per heavy atom. The lowest BCUT2D eigenvalue weighted by atomic mass is 10.0. The first-order valence-electron chi connectivity index (χ1n) is 8.83. The van der Waals surface area contributed by atoms with Crippen LogP contribution in [0, 0.1) is 6.92 Å². The van der Waals surface area contributed by atoms with Crippen molar-refractivity contribution in [2.75, 3.05) is 11.5 Å². The highest BCUT2D eigenvalue weighted by molar-refractivity contribution is 7.99. The van der Waals surface area contributed by atoms with Gasteiger partial charge in [-0.3, -0.25) is 4.79 Å². The molecular weight excluding hydrogens is 374 g/mol. The normalized spacial score (nSPS) is 13.1. The van der Waals surface area contributed by atoms with E-state index in [0.29, 0.717) is 11.5 Å². The van der Waals surface area contributed by atoms with Gasteiger partial charge in [0.2, 0.25) is 5.91 Å². The van der Waals surface area contributed by atoms with Crippen LogP contribution in [0.5, 0.6) is 0 Å². The molecule has 3 nitrogen and oxygen atoms in total. The zero-order valence-electron chi connectivity index (χ0n) is 15.2. The molecular formula is C22H23NO2S2. The number of hydrogen-bond acceptors (Lipinski definition) is 4. The van der Waals surface area contributed by atoms with E-state index in [1.165, 1.54) is 17.3 Å². The number of benzene rings is 2. The van der Waals surface area contributed by atoms with Crippen LogP contribution in [-0.2, 0) is 4.79 Å². The smallest absolute Gasteiger partial charge is 0.230 e. The van der Waals surface area contributed by atoms with Crippen LogP contribution in [0.25, 0.3) is 0 Å². The average Bonchev–Trinajstić information content (AvgIpc) is 3.22. The quantitative estimate of drug-likeness (QED) is 0.578. The first kappa shape index (κ1) is 19.7. The number of nitrogens with one attached hydrogen (secondary N) is 1. The van der Waals surface area contributed by atoms with Crippen LogP contribution < -0.4 is 5.32 Å². The van der Waals surface area contributed by atoms with Crippen molar-refractivity contribution in [2.24, 2.45) is 0 Å². The lowest BCUT2D eigenvalue weighted by Gasteiger charge is -2.18. The van der Waals surface area contributed by atoms with Crippen LogP contribution in [0.15, 0.2) is 72.1 Å². The fraction of sp³-hybridized carbons (Fsp3) is 0.227. The molecule has 2 aromatic carbocycles. The monoisotopic (exact) mass is 397 g/mol. The Balaban J connectivity index is 1.57. The van der Waals surface area contributed by atoms with Crippen molar-refractivity contribution in [1.82, 2.24) is 5.32 Å². The highest BCUT2D eigenvalue weighted by atomic mass is 32.2. The minimum atomic E-state index is -0.561. The fourth-order valence-electron chi connectivity index (χ4n) is 2.77. The molecule has 1 heterocycles. The number of aliphatic hydroxyl groups is 1. The molecule has 0 bridgehead atoms. The van der Waals surface area contributed by atoms with Crippen LogP contribution in [0.3, 0.4) is 0 Å². The van der Waals surface area contributed by atoms with Crippen LogP contribution >= 0.6 is 23.1 Å².